The molecule has 0 fully saturated rings. The predicted molar refractivity (Wildman–Crippen MR) is 66.9 cm³/mol. The molecule has 1 heterocycles. The molecule has 1 aromatic rings. The van der Waals surface area contributed by atoms with Crippen LogP contribution in [0.1, 0.15) is 37.8 Å². The number of fused-ring (bicyclic) bond motifs is 1. The van der Waals surface area contributed by atoms with E-state index in [1.165, 1.54) is 11.1 Å². The standard InChI is InChI=1S/C14H21NO/c1-4-16-12-5-6-13-11(7-12)8-15-9-14(13)10(2)3/h5-7,10,14-15H,4,8-9H2,1-3H3. The third-order valence-electron chi connectivity index (χ3n) is 3.31. The van der Waals surface area contributed by atoms with E-state index in [1.54, 1.807) is 0 Å². The summed E-state index contributed by atoms with van der Waals surface area (Å²) in [6, 6.07) is 6.52. The van der Waals surface area contributed by atoms with Crippen molar-refractivity contribution in [3.8, 4) is 5.75 Å². The largest absolute Gasteiger partial charge is 0.494 e. The van der Waals surface area contributed by atoms with Crippen LogP contribution >= 0.6 is 0 Å². The first kappa shape index (κ1) is 11.5. The summed E-state index contributed by atoms with van der Waals surface area (Å²) in [4.78, 5) is 0. The highest BCUT2D eigenvalue weighted by atomic mass is 16.5. The van der Waals surface area contributed by atoms with Crippen molar-refractivity contribution >= 4 is 0 Å². The number of rotatable bonds is 3. The van der Waals surface area contributed by atoms with Crippen LogP contribution in [0, 0.1) is 5.92 Å². The van der Waals surface area contributed by atoms with Gasteiger partial charge in [-0.3, -0.25) is 0 Å². The molecule has 1 atom stereocenters. The van der Waals surface area contributed by atoms with Gasteiger partial charge in [0.25, 0.3) is 0 Å². The molecule has 0 amide bonds. The number of nitrogens with one attached hydrogen (secondary N) is 1. The van der Waals surface area contributed by atoms with E-state index >= 15 is 0 Å². The summed E-state index contributed by atoms with van der Waals surface area (Å²) in [5, 5.41) is 3.49. The van der Waals surface area contributed by atoms with E-state index in [2.05, 4.69) is 37.4 Å². The molecule has 0 saturated carbocycles. The Bertz CT molecular complexity index is 360. The van der Waals surface area contributed by atoms with Crippen molar-refractivity contribution in [2.75, 3.05) is 13.2 Å². The minimum absolute atomic E-state index is 0.638. The highest BCUT2D eigenvalue weighted by molar-refractivity contribution is 5.39. The summed E-state index contributed by atoms with van der Waals surface area (Å²) in [6.45, 7) is 9.41. The van der Waals surface area contributed by atoms with Gasteiger partial charge >= 0.3 is 0 Å². The van der Waals surface area contributed by atoms with Crippen molar-refractivity contribution in [1.29, 1.82) is 0 Å². The second kappa shape index (κ2) is 4.88. The molecule has 1 aliphatic heterocycles. The first-order valence-electron chi connectivity index (χ1n) is 6.18. The molecule has 88 valence electrons. The third kappa shape index (κ3) is 2.22. The van der Waals surface area contributed by atoms with Crippen LogP contribution in [0.25, 0.3) is 0 Å². The maximum Gasteiger partial charge on any atom is 0.119 e. The average molecular weight is 219 g/mol. The zero-order valence-corrected chi connectivity index (χ0v) is 10.4. The molecule has 1 N–H and O–H groups in total. The zero-order chi connectivity index (χ0) is 11.5. The first-order valence-corrected chi connectivity index (χ1v) is 6.18. The molecule has 0 radical (unpaired) electrons. The van der Waals surface area contributed by atoms with Crippen molar-refractivity contribution in [3.63, 3.8) is 0 Å². The smallest absolute Gasteiger partial charge is 0.119 e. The lowest BCUT2D eigenvalue weighted by Crippen LogP contribution is -2.30. The first-order chi connectivity index (χ1) is 7.72. The molecule has 2 rings (SSSR count). The Morgan fingerprint density at radius 2 is 2.25 bits per heavy atom. The summed E-state index contributed by atoms with van der Waals surface area (Å²) in [5.41, 5.74) is 2.90. The van der Waals surface area contributed by atoms with Crippen LogP contribution in [0.15, 0.2) is 18.2 Å². The molecule has 16 heavy (non-hydrogen) atoms. The van der Waals surface area contributed by atoms with Gasteiger partial charge in [0.1, 0.15) is 5.75 Å². The molecular weight excluding hydrogens is 198 g/mol. The SMILES string of the molecule is CCOc1ccc2c(c1)CNCC2C(C)C. The minimum atomic E-state index is 0.638. The van der Waals surface area contributed by atoms with Gasteiger partial charge in [0.05, 0.1) is 6.61 Å². The van der Waals surface area contributed by atoms with E-state index in [0.717, 1.165) is 25.4 Å². The summed E-state index contributed by atoms with van der Waals surface area (Å²) < 4.78 is 5.54. The van der Waals surface area contributed by atoms with Crippen molar-refractivity contribution in [2.45, 2.75) is 33.2 Å². The topological polar surface area (TPSA) is 21.3 Å². The van der Waals surface area contributed by atoms with Gasteiger partial charge in [0.15, 0.2) is 0 Å². The normalized spacial score (nSPS) is 19.6. The van der Waals surface area contributed by atoms with Gasteiger partial charge in [0, 0.05) is 13.1 Å². The van der Waals surface area contributed by atoms with Gasteiger partial charge in [-0.15, -0.1) is 0 Å². The van der Waals surface area contributed by atoms with Crippen LogP contribution < -0.4 is 10.1 Å². The fourth-order valence-corrected chi connectivity index (χ4v) is 2.42. The molecule has 0 spiro atoms. The molecule has 1 unspecified atom stereocenters. The Kier molecular flexibility index (Phi) is 3.49. The van der Waals surface area contributed by atoms with E-state index in [-0.39, 0.29) is 0 Å². The number of benzene rings is 1. The van der Waals surface area contributed by atoms with E-state index < -0.39 is 0 Å². The molecule has 2 heteroatoms. The minimum Gasteiger partial charge on any atom is -0.494 e. The Hall–Kier alpha value is -1.02. The van der Waals surface area contributed by atoms with Crippen LogP contribution in [0.5, 0.6) is 5.75 Å². The lowest BCUT2D eigenvalue weighted by atomic mass is 9.83. The van der Waals surface area contributed by atoms with Gasteiger partial charge in [-0.05, 0) is 42.0 Å². The van der Waals surface area contributed by atoms with Crippen molar-refractivity contribution in [1.82, 2.24) is 5.32 Å². The van der Waals surface area contributed by atoms with Gasteiger partial charge in [-0.25, -0.2) is 0 Å². The van der Waals surface area contributed by atoms with Gasteiger partial charge in [0.2, 0.25) is 0 Å². The van der Waals surface area contributed by atoms with E-state index in [4.69, 9.17) is 4.74 Å². The maximum absolute atomic E-state index is 5.54. The zero-order valence-electron chi connectivity index (χ0n) is 10.4. The number of hydrogen-bond acceptors (Lipinski definition) is 2. The van der Waals surface area contributed by atoms with Crippen molar-refractivity contribution in [3.05, 3.63) is 29.3 Å². The fraction of sp³-hybridized carbons (Fsp3) is 0.571. The molecule has 0 aromatic heterocycles. The molecule has 1 aromatic carbocycles. The Morgan fingerprint density at radius 1 is 1.44 bits per heavy atom. The number of ether oxygens (including phenoxy) is 1. The molecule has 1 aliphatic rings. The van der Waals surface area contributed by atoms with E-state index in [0.29, 0.717) is 11.8 Å². The molecular formula is C14H21NO. The van der Waals surface area contributed by atoms with Crippen LogP contribution in [-0.4, -0.2) is 13.2 Å². The fourth-order valence-electron chi connectivity index (χ4n) is 2.42. The lowest BCUT2D eigenvalue weighted by Gasteiger charge is -2.29. The summed E-state index contributed by atoms with van der Waals surface area (Å²) in [5.74, 6) is 2.32. The average Bonchev–Trinajstić information content (AvgIpc) is 2.28. The van der Waals surface area contributed by atoms with Crippen LogP contribution in [-0.2, 0) is 6.54 Å². The summed E-state index contributed by atoms with van der Waals surface area (Å²) in [6.07, 6.45) is 0. The number of hydrogen-bond donors (Lipinski definition) is 1. The maximum atomic E-state index is 5.54. The van der Waals surface area contributed by atoms with Gasteiger partial charge in [-0.1, -0.05) is 19.9 Å². The molecule has 0 aliphatic carbocycles. The Labute approximate surface area is 98.0 Å². The molecule has 0 saturated heterocycles. The predicted octanol–water partition coefficient (Wildman–Crippen LogP) is 2.93. The van der Waals surface area contributed by atoms with Gasteiger partial charge in [-0.2, -0.15) is 0 Å². The highest BCUT2D eigenvalue weighted by Gasteiger charge is 2.22. The van der Waals surface area contributed by atoms with Gasteiger partial charge < -0.3 is 10.1 Å². The second-order valence-electron chi connectivity index (χ2n) is 4.78. The van der Waals surface area contributed by atoms with E-state index in [9.17, 15) is 0 Å². The van der Waals surface area contributed by atoms with Crippen molar-refractivity contribution in [2.24, 2.45) is 5.92 Å². The quantitative estimate of drug-likeness (QED) is 0.844. The Balaban J connectivity index is 2.29. The third-order valence-corrected chi connectivity index (χ3v) is 3.31. The monoisotopic (exact) mass is 219 g/mol. The summed E-state index contributed by atoms with van der Waals surface area (Å²) >= 11 is 0. The Morgan fingerprint density at radius 3 is 2.94 bits per heavy atom. The highest BCUT2D eigenvalue weighted by Crippen LogP contribution is 2.32. The van der Waals surface area contributed by atoms with Crippen molar-refractivity contribution < 1.29 is 4.74 Å². The molecule has 0 bridgehead atoms. The second-order valence-corrected chi connectivity index (χ2v) is 4.78. The lowest BCUT2D eigenvalue weighted by molar-refractivity contribution is 0.338. The van der Waals surface area contributed by atoms with Crippen LogP contribution in [0.3, 0.4) is 0 Å². The molecule has 2 nitrogen and oxygen atoms in total. The van der Waals surface area contributed by atoms with Crippen LogP contribution in [0.4, 0.5) is 0 Å². The van der Waals surface area contributed by atoms with E-state index in [1.807, 2.05) is 6.92 Å². The summed E-state index contributed by atoms with van der Waals surface area (Å²) in [7, 11) is 0. The van der Waals surface area contributed by atoms with Crippen LogP contribution in [0.2, 0.25) is 0 Å².